The van der Waals surface area contributed by atoms with Gasteiger partial charge in [-0.1, -0.05) is 373 Å². The summed E-state index contributed by atoms with van der Waals surface area (Å²) in [5.41, 5.74) is 0. The van der Waals surface area contributed by atoms with E-state index >= 15 is 0 Å². The number of hydrogen-bond donors (Lipinski definition) is 12. The third-order valence-corrected chi connectivity index (χ3v) is 22.8. The third kappa shape index (κ3) is 46.6. The van der Waals surface area contributed by atoms with Crippen LogP contribution in [0.4, 0.5) is 0 Å². The van der Waals surface area contributed by atoms with E-state index in [1.54, 1.807) is 0 Å². The molecule has 17 atom stereocenters. The van der Waals surface area contributed by atoms with Crippen molar-refractivity contribution in [1.29, 1.82) is 0 Å². The van der Waals surface area contributed by atoms with E-state index < -0.39 is 124 Å². The second-order valence-electron chi connectivity index (χ2n) is 32.4. The van der Waals surface area contributed by atoms with Gasteiger partial charge in [0.25, 0.3) is 0 Å². The first-order chi connectivity index (χ1) is 51.8. The number of carbonyl (C=O) groups is 1. The number of carbonyl (C=O) groups excluding carboxylic acids is 1. The molecule has 0 aliphatic carbocycles. The minimum absolute atomic E-state index is 0.233. The van der Waals surface area contributed by atoms with Crippen molar-refractivity contribution in [2.75, 3.05) is 26.4 Å². The lowest BCUT2D eigenvalue weighted by Gasteiger charge is -2.48. The molecule has 628 valence electrons. The molecular formula is C87H167NO18. The van der Waals surface area contributed by atoms with Gasteiger partial charge in [0.1, 0.15) is 73.2 Å². The average Bonchev–Trinajstić information content (AvgIpc) is 0.781. The van der Waals surface area contributed by atoms with E-state index in [-0.39, 0.29) is 18.9 Å². The Hall–Kier alpha value is -1.47. The third-order valence-electron chi connectivity index (χ3n) is 22.8. The maximum absolute atomic E-state index is 13.5. The molecule has 12 N–H and O–H groups in total. The highest BCUT2D eigenvalue weighted by Crippen LogP contribution is 2.34. The van der Waals surface area contributed by atoms with Crippen LogP contribution in [0.1, 0.15) is 406 Å². The largest absolute Gasteiger partial charge is 0.394 e. The second-order valence-corrected chi connectivity index (χ2v) is 32.4. The lowest BCUT2D eigenvalue weighted by molar-refractivity contribution is -0.379. The predicted molar refractivity (Wildman–Crippen MR) is 425 cm³/mol. The Morgan fingerprint density at radius 1 is 0.330 bits per heavy atom. The normalized spacial score (nSPS) is 25.6. The molecule has 19 heteroatoms. The highest BCUT2D eigenvalue weighted by atomic mass is 16.8. The van der Waals surface area contributed by atoms with Crippen molar-refractivity contribution in [2.45, 2.75) is 510 Å². The summed E-state index contributed by atoms with van der Waals surface area (Å²) >= 11 is 0. The summed E-state index contributed by atoms with van der Waals surface area (Å²) in [4.78, 5) is 13.5. The van der Waals surface area contributed by atoms with E-state index in [0.29, 0.717) is 12.8 Å². The summed E-state index contributed by atoms with van der Waals surface area (Å²) in [6.07, 6.45) is 56.1. The van der Waals surface area contributed by atoms with Crippen LogP contribution in [0, 0.1) is 0 Å². The molecule has 19 nitrogen and oxygen atoms in total. The summed E-state index contributed by atoms with van der Waals surface area (Å²) in [5, 5.41) is 121. The van der Waals surface area contributed by atoms with Crippen LogP contribution in [0.5, 0.6) is 0 Å². The molecule has 106 heavy (non-hydrogen) atoms. The number of ether oxygens (including phenoxy) is 6. The summed E-state index contributed by atoms with van der Waals surface area (Å²) in [7, 11) is 0. The van der Waals surface area contributed by atoms with Crippen molar-refractivity contribution in [1.82, 2.24) is 5.32 Å². The maximum Gasteiger partial charge on any atom is 0.220 e. The van der Waals surface area contributed by atoms with Crippen LogP contribution in [-0.2, 0) is 33.2 Å². The van der Waals surface area contributed by atoms with E-state index in [1.165, 1.54) is 327 Å². The first kappa shape index (κ1) is 98.7. The number of nitrogens with one attached hydrogen (secondary N) is 1. The number of rotatable bonds is 74. The Kier molecular flexibility index (Phi) is 63.3. The van der Waals surface area contributed by atoms with Crippen molar-refractivity contribution in [2.24, 2.45) is 0 Å². The van der Waals surface area contributed by atoms with Crippen LogP contribution in [0.2, 0.25) is 0 Å². The lowest BCUT2D eigenvalue weighted by atomic mass is 9.96. The van der Waals surface area contributed by atoms with Gasteiger partial charge in [0.15, 0.2) is 18.9 Å². The summed E-state index contributed by atoms with van der Waals surface area (Å²) < 4.78 is 34.6. The molecule has 0 aromatic carbocycles. The van der Waals surface area contributed by atoms with Crippen LogP contribution in [0.3, 0.4) is 0 Å². The molecule has 17 unspecified atom stereocenters. The van der Waals surface area contributed by atoms with Crippen LogP contribution >= 0.6 is 0 Å². The van der Waals surface area contributed by atoms with E-state index in [1.807, 2.05) is 0 Å². The number of unbranched alkanes of at least 4 members (excludes halogenated alkanes) is 56. The quantitative estimate of drug-likeness (QED) is 0.0199. The number of aliphatic hydroxyl groups excluding tert-OH is 11. The van der Waals surface area contributed by atoms with Crippen LogP contribution < -0.4 is 5.32 Å². The first-order valence-corrected chi connectivity index (χ1v) is 44.9. The number of aliphatic hydroxyl groups is 11. The SMILES string of the molecule is CCCCCCCCCC/C=C\CCCCCCCCCCCCCCCCCCCC(=O)NC(COC1OC(CO)C(OC2OC(CO)C(OC3OC(CO)C(O)C(O)C3O)C(O)C2O)C(O)C1O)C(O)CCCCCCCCCCCCCCCCCCCCCCCCCCCCCCCCCC. The van der Waals surface area contributed by atoms with Gasteiger partial charge >= 0.3 is 0 Å². The van der Waals surface area contributed by atoms with Crippen molar-refractivity contribution in [3.8, 4) is 0 Å². The van der Waals surface area contributed by atoms with Crippen LogP contribution in [-0.4, -0.2) is 193 Å². The Morgan fingerprint density at radius 3 is 0.915 bits per heavy atom. The minimum Gasteiger partial charge on any atom is -0.394 e. The smallest absolute Gasteiger partial charge is 0.220 e. The summed E-state index contributed by atoms with van der Waals surface area (Å²) in [6.45, 7) is 1.88. The average molecular weight is 1520 g/mol. The molecule has 3 aliphatic heterocycles. The fourth-order valence-corrected chi connectivity index (χ4v) is 15.7. The molecular weight excluding hydrogens is 1350 g/mol. The Labute approximate surface area is 646 Å². The van der Waals surface area contributed by atoms with Gasteiger partial charge in [0.2, 0.25) is 5.91 Å². The number of amides is 1. The van der Waals surface area contributed by atoms with Gasteiger partial charge < -0.3 is 89.9 Å². The summed E-state index contributed by atoms with van der Waals surface area (Å²) in [6, 6.07) is -0.886. The molecule has 3 fully saturated rings. The van der Waals surface area contributed by atoms with E-state index in [9.17, 15) is 61.0 Å². The maximum atomic E-state index is 13.5. The van der Waals surface area contributed by atoms with Crippen LogP contribution in [0.15, 0.2) is 12.2 Å². The van der Waals surface area contributed by atoms with Gasteiger partial charge in [-0.25, -0.2) is 0 Å². The number of allylic oxidation sites excluding steroid dienone is 2. The number of hydrogen-bond acceptors (Lipinski definition) is 18. The van der Waals surface area contributed by atoms with E-state index in [2.05, 4.69) is 31.3 Å². The molecule has 1 amide bonds. The highest BCUT2D eigenvalue weighted by Gasteiger charge is 2.54. The zero-order valence-corrected chi connectivity index (χ0v) is 67.7. The monoisotopic (exact) mass is 1510 g/mol. The van der Waals surface area contributed by atoms with Crippen LogP contribution in [0.25, 0.3) is 0 Å². The lowest BCUT2D eigenvalue weighted by Crippen LogP contribution is -2.66. The van der Waals surface area contributed by atoms with Crippen molar-refractivity contribution >= 4 is 5.91 Å². The van der Waals surface area contributed by atoms with Gasteiger partial charge in [0.05, 0.1) is 38.6 Å². The van der Waals surface area contributed by atoms with Gasteiger partial charge in [-0.2, -0.15) is 0 Å². The second kappa shape index (κ2) is 68.0. The van der Waals surface area contributed by atoms with Gasteiger partial charge in [-0.05, 0) is 38.5 Å². The first-order valence-electron chi connectivity index (χ1n) is 44.9. The zero-order chi connectivity index (χ0) is 76.7. The van der Waals surface area contributed by atoms with Gasteiger partial charge in [-0.15, -0.1) is 0 Å². The van der Waals surface area contributed by atoms with Gasteiger partial charge in [0, 0.05) is 6.42 Å². The zero-order valence-electron chi connectivity index (χ0n) is 67.7. The molecule has 3 rings (SSSR count). The predicted octanol–water partition coefficient (Wildman–Crippen LogP) is 16.7. The molecule has 3 heterocycles. The highest BCUT2D eigenvalue weighted by molar-refractivity contribution is 5.76. The molecule has 0 bridgehead atoms. The standard InChI is InChI=1S/C87H167NO18/c1-3-5-7-9-11-13-15-17-19-21-23-25-27-29-31-33-34-35-37-38-40-42-44-46-48-50-52-54-56-58-60-62-64-71(92)70(88-75(93)65-63-61-59-57-55-53-51-49-47-45-43-41-39-36-32-30-28-26-24-22-20-18-16-14-12-10-8-6-4-2)69-101-85-81(99)78(96)83(73(67-90)103-85)106-87-82(100)79(97)84(74(68-91)104-87)105-86-80(98)77(95)76(94)72(66-89)102-86/h22,24,70-74,76-87,89-92,94-100H,3-21,23,25-69H2,1-2H3,(H,88,93)/b24-22-. The van der Waals surface area contributed by atoms with E-state index in [4.69, 9.17) is 28.4 Å². The molecule has 0 aromatic heterocycles. The molecule has 3 saturated heterocycles. The topological polar surface area (TPSA) is 307 Å². The fraction of sp³-hybridized carbons (Fsp3) is 0.966. The van der Waals surface area contributed by atoms with Crippen molar-refractivity contribution in [3.05, 3.63) is 12.2 Å². The summed E-state index contributed by atoms with van der Waals surface area (Å²) in [5.74, 6) is -0.233. The Morgan fingerprint density at radius 2 is 0.594 bits per heavy atom. The molecule has 0 radical (unpaired) electrons. The van der Waals surface area contributed by atoms with Crippen molar-refractivity contribution < 1.29 is 89.4 Å². The molecule has 0 aromatic rings. The van der Waals surface area contributed by atoms with E-state index in [0.717, 1.165) is 44.9 Å². The molecule has 3 aliphatic rings. The van der Waals surface area contributed by atoms with Gasteiger partial charge in [-0.3, -0.25) is 4.79 Å². The Bertz CT molecular complexity index is 1960. The molecule has 0 saturated carbocycles. The fourth-order valence-electron chi connectivity index (χ4n) is 15.7. The molecule has 0 spiro atoms. The minimum atomic E-state index is -1.97. The Balaban J connectivity index is 1.32. The van der Waals surface area contributed by atoms with Crippen molar-refractivity contribution in [3.63, 3.8) is 0 Å².